The number of thioether (sulfide) groups is 1. The Hall–Kier alpha value is -1.82. The number of benzene rings is 2. The summed E-state index contributed by atoms with van der Waals surface area (Å²) in [6.07, 6.45) is 0. The van der Waals surface area contributed by atoms with E-state index >= 15 is 0 Å². The molecular weight excluding hydrogens is 384 g/mol. The molecule has 2 aromatic carbocycles. The summed E-state index contributed by atoms with van der Waals surface area (Å²) in [5.41, 5.74) is 4.27. The first-order valence-electron chi connectivity index (χ1n) is 8.15. The van der Waals surface area contributed by atoms with Crippen molar-refractivity contribution in [2.75, 3.05) is 4.90 Å². The largest absolute Gasteiger partial charge is 0.274 e. The van der Waals surface area contributed by atoms with Crippen LogP contribution in [0.2, 0.25) is 5.02 Å². The minimum atomic E-state index is -0.0880. The van der Waals surface area contributed by atoms with E-state index in [1.165, 1.54) is 34.3 Å². The molecule has 0 aliphatic carbocycles. The van der Waals surface area contributed by atoms with Crippen LogP contribution in [-0.2, 0) is 10.5 Å². The summed E-state index contributed by atoms with van der Waals surface area (Å²) < 4.78 is 0. The Morgan fingerprint density at radius 2 is 2.00 bits per heavy atom. The van der Waals surface area contributed by atoms with Crippen molar-refractivity contribution in [3.05, 3.63) is 69.7 Å². The van der Waals surface area contributed by atoms with Crippen molar-refractivity contribution in [1.29, 1.82) is 0 Å². The van der Waals surface area contributed by atoms with E-state index in [1.54, 1.807) is 28.8 Å². The van der Waals surface area contributed by atoms with Gasteiger partial charge in [-0.25, -0.2) is 4.98 Å². The summed E-state index contributed by atoms with van der Waals surface area (Å²) >= 11 is 9.28. The topological polar surface area (TPSA) is 33.2 Å². The fourth-order valence-corrected chi connectivity index (χ4v) is 4.53. The van der Waals surface area contributed by atoms with Gasteiger partial charge < -0.3 is 0 Å². The third kappa shape index (κ3) is 4.47. The molecule has 0 saturated heterocycles. The fourth-order valence-electron chi connectivity index (χ4n) is 2.47. The van der Waals surface area contributed by atoms with Crippen molar-refractivity contribution in [1.82, 2.24) is 4.98 Å². The molecule has 0 atom stereocenters. The van der Waals surface area contributed by atoms with Gasteiger partial charge in [-0.05, 0) is 55.3 Å². The van der Waals surface area contributed by atoms with Gasteiger partial charge in [-0.3, -0.25) is 9.69 Å². The second kappa shape index (κ2) is 8.25. The van der Waals surface area contributed by atoms with E-state index in [9.17, 15) is 4.79 Å². The molecule has 0 saturated carbocycles. The fraction of sp³-hybridized carbons (Fsp3) is 0.200. The van der Waals surface area contributed by atoms with E-state index in [-0.39, 0.29) is 5.91 Å². The molecule has 3 rings (SSSR count). The quantitative estimate of drug-likeness (QED) is 0.463. The third-order valence-electron chi connectivity index (χ3n) is 3.98. The summed E-state index contributed by atoms with van der Waals surface area (Å²) in [5.74, 6) is 0.676. The van der Waals surface area contributed by atoms with Crippen molar-refractivity contribution in [2.45, 2.75) is 31.4 Å². The first-order chi connectivity index (χ1) is 12.4. The smallest absolute Gasteiger partial charge is 0.230 e. The van der Waals surface area contributed by atoms with Crippen molar-refractivity contribution in [3.63, 3.8) is 0 Å². The molecule has 1 heterocycles. The first-order valence-corrected chi connectivity index (χ1v) is 10.4. The Balaban J connectivity index is 1.77. The highest BCUT2D eigenvalue weighted by Crippen LogP contribution is 2.32. The number of aryl methyl sites for hydroxylation is 2. The predicted molar refractivity (Wildman–Crippen MR) is 112 cm³/mol. The molecule has 0 spiro atoms. The highest BCUT2D eigenvalue weighted by molar-refractivity contribution is 7.98. The Bertz CT molecular complexity index is 939. The van der Waals surface area contributed by atoms with Gasteiger partial charge >= 0.3 is 0 Å². The number of nitrogens with zero attached hydrogens (tertiary/aromatic N) is 2. The van der Waals surface area contributed by atoms with Crippen LogP contribution in [0.1, 0.15) is 23.7 Å². The van der Waals surface area contributed by atoms with Crippen LogP contribution in [-0.4, -0.2) is 10.9 Å². The Kier molecular flexibility index (Phi) is 6.01. The zero-order valence-corrected chi connectivity index (χ0v) is 17.2. The van der Waals surface area contributed by atoms with Crippen LogP contribution in [0.15, 0.2) is 52.7 Å². The van der Waals surface area contributed by atoms with Crippen LogP contribution in [0, 0.1) is 13.8 Å². The number of amides is 1. The second-order valence-corrected chi connectivity index (χ2v) is 8.31. The zero-order chi connectivity index (χ0) is 18.7. The number of hydrogen-bond donors (Lipinski definition) is 0. The molecule has 0 aliphatic rings. The summed E-state index contributed by atoms with van der Waals surface area (Å²) in [6, 6.07) is 13.7. The maximum absolute atomic E-state index is 12.2. The Morgan fingerprint density at radius 3 is 2.69 bits per heavy atom. The monoisotopic (exact) mass is 402 g/mol. The highest BCUT2D eigenvalue weighted by Gasteiger charge is 2.18. The summed E-state index contributed by atoms with van der Waals surface area (Å²) in [7, 11) is 0. The molecule has 0 fully saturated rings. The molecule has 0 aliphatic heterocycles. The van der Waals surface area contributed by atoms with Crippen LogP contribution in [0.5, 0.6) is 0 Å². The van der Waals surface area contributed by atoms with Gasteiger partial charge in [0, 0.05) is 28.0 Å². The van der Waals surface area contributed by atoms with Crippen LogP contribution in [0.4, 0.5) is 10.8 Å². The summed E-state index contributed by atoms with van der Waals surface area (Å²) in [4.78, 5) is 19.6. The van der Waals surface area contributed by atoms with Gasteiger partial charge in [0.15, 0.2) is 5.13 Å². The number of carbonyl (C=O) groups excluding carboxylic acids is 1. The van der Waals surface area contributed by atoms with Crippen LogP contribution >= 0.6 is 34.7 Å². The molecule has 1 aromatic heterocycles. The van der Waals surface area contributed by atoms with Gasteiger partial charge in [0.2, 0.25) is 5.91 Å². The molecule has 3 nitrogen and oxygen atoms in total. The van der Waals surface area contributed by atoms with E-state index in [4.69, 9.17) is 11.6 Å². The molecule has 0 unspecified atom stereocenters. The number of carbonyl (C=O) groups is 1. The molecule has 3 aromatic rings. The molecule has 0 bridgehead atoms. The van der Waals surface area contributed by atoms with E-state index in [0.717, 1.165) is 17.1 Å². The molecule has 134 valence electrons. The van der Waals surface area contributed by atoms with Crippen LogP contribution < -0.4 is 4.90 Å². The number of anilines is 2. The lowest BCUT2D eigenvalue weighted by molar-refractivity contribution is -0.115. The Morgan fingerprint density at radius 1 is 1.19 bits per heavy atom. The minimum absolute atomic E-state index is 0.0880. The molecular formula is C20H19ClN2OS2. The third-order valence-corrected chi connectivity index (χ3v) is 6.11. The average Bonchev–Trinajstić information content (AvgIpc) is 3.04. The van der Waals surface area contributed by atoms with Gasteiger partial charge in [-0.15, -0.1) is 23.1 Å². The maximum atomic E-state index is 12.2. The van der Waals surface area contributed by atoms with Gasteiger partial charge in [0.1, 0.15) is 0 Å². The van der Waals surface area contributed by atoms with E-state index in [2.05, 4.69) is 37.0 Å². The summed E-state index contributed by atoms with van der Waals surface area (Å²) in [6.45, 7) is 5.77. The average molecular weight is 403 g/mol. The Labute approximate surface area is 167 Å². The lowest BCUT2D eigenvalue weighted by atomic mass is 10.1. The molecule has 6 heteroatoms. The van der Waals surface area contributed by atoms with Crippen molar-refractivity contribution >= 4 is 51.4 Å². The molecule has 26 heavy (non-hydrogen) atoms. The molecule has 1 amide bonds. The predicted octanol–water partition coefficient (Wildman–Crippen LogP) is 6.39. The normalized spacial score (nSPS) is 10.8. The minimum Gasteiger partial charge on any atom is -0.274 e. The number of halogens is 1. The lowest BCUT2D eigenvalue weighted by Gasteiger charge is -2.18. The zero-order valence-electron chi connectivity index (χ0n) is 14.8. The highest BCUT2D eigenvalue weighted by atomic mass is 35.5. The molecule has 0 N–H and O–H groups in total. The SMILES string of the molecule is CC(=O)N(c1cccc(Cl)c1)c1nc(CSc2ccc(C)c(C)c2)cs1. The van der Waals surface area contributed by atoms with Crippen LogP contribution in [0.25, 0.3) is 0 Å². The van der Waals surface area contributed by atoms with Crippen molar-refractivity contribution < 1.29 is 4.79 Å². The first kappa shape index (κ1) is 19.0. The van der Waals surface area contributed by atoms with Crippen molar-refractivity contribution in [2.24, 2.45) is 0 Å². The number of rotatable bonds is 5. The summed E-state index contributed by atoms with van der Waals surface area (Å²) in [5, 5.41) is 3.26. The van der Waals surface area contributed by atoms with Crippen LogP contribution in [0.3, 0.4) is 0 Å². The van der Waals surface area contributed by atoms with E-state index < -0.39 is 0 Å². The molecule has 0 radical (unpaired) electrons. The maximum Gasteiger partial charge on any atom is 0.230 e. The lowest BCUT2D eigenvalue weighted by Crippen LogP contribution is -2.22. The standard InChI is InChI=1S/C20H19ClN2OS2/c1-13-7-8-19(9-14(13)2)25-11-17-12-26-20(22-17)23(15(3)24)18-6-4-5-16(21)10-18/h4-10,12H,11H2,1-3H3. The van der Waals surface area contributed by atoms with Gasteiger partial charge in [0.05, 0.1) is 11.4 Å². The van der Waals surface area contributed by atoms with Crippen molar-refractivity contribution in [3.8, 4) is 0 Å². The number of thiazole rings is 1. The van der Waals surface area contributed by atoms with Gasteiger partial charge in [-0.2, -0.15) is 0 Å². The second-order valence-electron chi connectivity index (χ2n) is 5.99. The number of aromatic nitrogens is 1. The number of hydrogen-bond acceptors (Lipinski definition) is 4. The van der Waals surface area contributed by atoms with Gasteiger partial charge in [-0.1, -0.05) is 23.7 Å². The van der Waals surface area contributed by atoms with E-state index in [0.29, 0.717) is 10.2 Å². The van der Waals surface area contributed by atoms with Gasteiger partial charge in [0.25, 0.3) is 0 Å². The van der Waals surface area contributed by atoms with E-state index in [1.807, 2.05) is 17.5 Å².